The van der Waals surface area contributed by atoms with E-state index in [0.717, 1.165) is 22.2 Å². The first-order chi connectivity index (χ1) is 15.6. The second kappa shape index (κ2) is 9.93. The average molecular weight is 473 g/mol. The van der Waals surface area contributed by atoms with Crippen molar-refractivity contribution in [2.75, 3.05) is 18.4 Å². The Kier molecular flexibility index (Phi) is 7.44. The summed E-state index contributed by atoms with van der Waals surface area (Å²) in [6.07, 6.45) is 0.0864. The number of nitrogens with zero attached hydrogens (tertiary/aromatic N) is 3. The zero-order chi connectivity index (χ0) is 24.3. The Balaban J connectivity index is 1.85. The molecular formula is C24H32N4O4S. The maximum atomic E-state index is 13.0. The second-order valence-electron chi connectivity index (χ2n) is 7.97. The number of aryl methyl sites for hydroxylation is 3. The van der Waals surface area contributed by atoms with Crippen molar-refractivity contribution < 1.29 is 13.2 Å². The van der Waals surface area contributed by atoms with Crippen LogP contribution >= 0.6 is 0 Å². The fourth-order valence-electron chi connectivity index (χ4n) is 4.04. The van der Waals surface area contributed by atoms with E-state index in [-0.39, 0.29) is 29.5 Å². The number of amides is 1. The molecular weight excluding hydrogens is 440 g/mol. The third kappa shape index (κ3) is 4.74. The lowest BCUT2D eigenvalue weighted by Crippen LogP contribution is -2.30. The normalized spacial score (nSPS) is 11.9. The molecule has 0 atom stereocenters. The van der Waals surface area contributed by atoms with Gasteiger partial charge in [0.2, 0.25) is 15.9 Å². The lowest BCUT2D eigenvalue weighted by molar-refractivity contribution is -0.116. The monoisotopic (exact) mass is 472 g/mol. The van der Waals surface area contributed by atoms with Gasteiger partial charge in [0, 0.05) is 38.3 Å². The Bertz CT molecular complexity index is 1330. The van der Waals surface area contributed by atoms with E-state index in [1.807, 2.05) is 45.0 Å². The molecule has 8 nitrogen and oxygen atoms in total. The quantitative estimate of drug-likeness (QED) is 0.516. The van der Waals surface area contributed by atoms with Gasteiger partial charge in [-0.2, -0.15) is 4.31 Å². The first kappa shape index (κ1) is 24.7. The minimum atomic E-state index is -3.65. The van der Waals surface area contributed by atoms with Crippen LogP contribution in [0.2, 0.25) is 0 Å². The van der Waals surface area contributed by atoms with Crippen LogP contribution in [-0.2, 0) is 27.9 Å². The molecule has 0 saturated carbocycles. The Morgan fingerprint density at radius 3 is 2.18 bits per heavy atom. The van der Waals surface area contributed by atoms with E-state index in [2.05, 4.69) is 5.32 Å². The summed E-state index contributed by atoms with van der Waals surface area (Å²) >= 11 is 0. The van der Waals surface area contributed by atoms with Crippen LogP contribution in [0.1, 0.15) is 38.3 Å². The molecule has 2 aromatic carbocycles. The number of fused-ring (bicyclic) bond motifs is 1. The van der Waals surface area contributed by atoms with Crippen LogP contribution in [0.4, 0.5) is 5.69 Å². The molecule has 0 spiro atoms. The number of para-hydroxylation sites is 2. The number of benzene rings is 2. The van der Waals surface area contributed by atoms with Crippen LogP contribution in [0.25, 0.3) is 11.0 Å². The van der Waals surface area contributed by atoms with Gasteiger partial charge in [0.1, 0.15) is 0 Å². The highest BCUT2D eigenvalue weighted by Crippen LogP contribution is 2.26. The predicted molar refractivity (Wildman–Crippen MR) is 131 cm³/mol. The first-order valence-corrected chi connectivity index (χ1v) is 12.7. The van der Waals surface area contributed by atoms with Gasteiger partial charge in [0.05, 0.1) is 15.9 Å². The largest absolute Gasteiger partial charge is 0.329 e. The standard InChI is InChI=1S/C24H32N4O4S/c1-6-26(7-2)33(31,32)19-15-17(4)18(5)20(16-19)25-23(29)13-14-28-22-12-10-9-11-21(22)27(8-3)24(28)30/h9-12,15-16H,6-8,13-14H2,1-5H3,(H,25,29). The van der Waals surface area contributed by atoms with E-state index in [1.54, 1.807) is 29.0 Å². The molecule has 9 heteroatoms. The van der Waals surface area contributed by atoms with Gasteiger partial charge in [0.15, 0.2) is 0 Å². The molecule has 1 N–H and O–H groups in total. The number of carbonyl (C=O) groups excluding carboxylic acids is 1. The number of sulfonamides is 1. The molecule has 0 fully saturated rings. The molecule has 0 aliphatic heterocycles. The highest BCUT2D eigenvalue weighted by atomic mass is 32.2. The zero-order valence-electron chi connectivity index (χ0n) is 19.9. The van der Waals surface area contributed by atoms with Crippen molar-refractivity contribution in [1.29, 1.82) is 0 Å². The summed E-state index contributed by atoms with van der Waals surface area (Å²) < 4.78 is 30.6. The lowest BCUT2D eigenvalue weighted by atomic mass is 10.1. The van der Waals surface area contributed by atoms with Crippen molar-refractivity contribution >= 4 is 32.7 Å². The van der Waals surface area contributed by atoms with Crippen molar-refractivity contribution in [3.63, 3.8) is 0 Å². The summed E-state index contributed by atoms with van der Waals surface area (Å²) in [5.41, 5.74) is 3.53. The highest BCUT2D eigenvalue weighted by molar-refractivity contribution is 7.89. The molecule has 1 heterocycles. The van der Waals surface area contributed by atoms with E-state index in [9.17, 15) is 18.0 Å². The molecule has 0 saturated heterocycles. The number of hydrogen-bond donors (Lipinski definition) is 1. The van der Waals surface area contributed by atoms with E-state index in [0.29, 0.717) is 25.3 Å². The molecule has 3 aromatic rings. The minimum Gasteiger partial charge on any atom is -0.326 e. The number of carbonyl (C=O) groups is 1. The number of hydrogen-bond acceptors (Lipinski definition) is 4. The Labute approximate surface area is 194 Å². The third-order valence-electron chi connectivity index (χ3n) is 6.06. The summed E-state index contributed by atoms with van der Waals surface area (Å²) in [6.45, 7) is 10.7. The Hall–Kier alpha value is -2.91. The van der Waals surface area contributed by atoms with Gasteiger partial charge in [0.25, 0.3) is 0 Å². The lowest BCUT2D eigenvalue weighted by Gasteiger charge is -2.20. The van der Waals surface area contributed by atoms with Gasteiger partial charge >= 0.3 is 5.69 Å². The predicted octanol–water partition coefficient (Wildman–Crippen LogP) is 3.50. The van der Waals surface area contributed by atoms with Gasteiger partial charge in [-0.3, -0.25) is 13.9 Å². The second-order valence-corrected chi connectivity index (χ2v) is 9.91. The van der Waals surface area contributed by atoms with Gasteiger partial charge in [-0.05, 0) is 56.2 Å². The zero-order valence-corrected chi connectivity index (χ0v) is 20.7. The molecule has 1 amide bonds. The van der Waals surface area contributed by atoms with Crippen LogP contribution in [0.15, 0.2) is 46.1 Å². The summed E-state index contributed by atoms with van der Waals surface area (Å²) in [7, 11) is -3.65. The number of nitrogens with one attached hydrogen (secondary N) is 1. The van der Waals surface area contributed by atoms with Gasteiger partial charge in [-0.25, -0.2) is 13.2 Å². The van der Waals surface area contributed by atoms with Gasteiger partial charge in [-0.15, -0.1) is 0 Å². The van der Waals surface area contributed by atoms with Crippen LogP contribution in [0, 0.1) is 13.8 Å². The number of imidazole rings is 1. The molecule has 1 aromatic heterocycles. The summed E-state index contributed by atoms with van der Waals surface area (Å²) in [5, 5.41) is 2.85. The third-order valence-corrected chi connectivity index (χ3v) is 8.09. The van der Waals surface area contributed by atoms with Crippen molar-refractivity contribution in [2.24, 2.45) is 0 Å². The molecule has 0 unspecified atom stereocenters. The van der Waals surface area contributed by atoms with Crippen LogP contribution < -0.4 is 11.0 Å². The smallest absolute Gasteiger partial charge is 0.326 e. The molecule has 0 bridgehead atoms. The fourth-order valence-corrected chi connectivity index (χ4v) is 5.61. The van der Waals surface area contributed by atoms with E-state index in [4.69, 9.17) is 0 Å². The van der Waals surface area contributed by atoms with Crippen molar-refractivity contribution in [1.82, 2.24) is 13.4 Å². The molecule has 0 radical (unpaired) electrons. The Morgan fingerprint density at radius 1 is 1.00 bits per heavy atom. The highest BCUT2D eigenvalue weighted by Gasteiger charge is 2.23. The van der Waals surface area contributed by atoms with Crippen molar-refractivity contribution in [3.8, 4) is 0 Å². The molecule has 178 valence electrons. The number of aromatic nitrogens is 2. The van der Waals surface area contributed by atoms with E-state index >= 15 is 0 Å². The maximum absolute atomic E-state index is 13.0. The SMILES string of the molecule is CCN(CC)S(=O)(=O)c1cc(C)c(C)c(NC(=O)CCn2c(=O)n(CC)c3ccccc32)c1. The summed E-state index contributed by atoms with van der Waals surface area (Å²) in [6, 6.07) is 10.7. The average Bonchev–Trinajstić information content (AvgIpc) is 3.06. The van der Waals surface area contributed by atoms with Crippen molar-refractivity contribution in [3.05, 3.63) is 58.0 Å². The minimum absolute atomic E-state index is 0.0864. The Morgan fingerprint density at radius 2 is 1.61 bits per heavy atom. The van der Waals surface area contributed by atoms with E-state index < -0.39 is 10.0 Å². The summed E-state index contributed by atoms with van der Waals surface area (Å²) in [4.78, 5) is 25.7. The molecule has 33 heavy (non-hydrogen) atoms. The molecule has 0 aliphatic carbocycles. The van der Waals surface area contributed by atoms with Gasteiger partial charge < -0.3 is 5.32 Å². The molecule has 0 aliphatic rings. The number of anilines is 1. The topological polar surface area (TPSA) is 93.4 Å². The van der Waals surface area contributed by atoms with Crippen molar-refractivity contribution in [2.45, 2.75) is 59.0 Å². The summed E-state index contributed by atoms with van der Waals surface area (Å²) in [5.74, 6) is -0.282. The van der Waals surface area contributed by atoms with Crippen LogP contribution in [0.5, 0.6) is 0 Å². The first-order valence-electron chi connectivity index (χ1n) is 11.2. The van der Waals surface area contributed by atoms with Crippen LogP contribution in [-0.4, -0.2) is 40.9 Å². The van der Waals surface area contributed by atoms with Gasteiger partial charge in [-0.1, -0.05) is 26.0 Å². The molecule has 3 rings (SSSR count). The number of rotatable bonds is 9. The maximum Gasteiger partial charge on any atom is 0.329 e. The fraction of sp³-hybridized carbons (Fsp3) is 0.417. The van der Waals surface area contributed by atoms with E-state index in [1.165, 1.54) is 10.4 Å². The van der Waals surface area contributed by atoms with Crippen LogP contribution in [0.3, 0.4) is 0 Å².